The van der Waals surface area contributed by atoms with E-state index >= 15 is 0 Å². The van der Waals surface area contributed by atoms with Crippen LogP contribution >= 0.6 is 11.3 Å². The van der Waals surface area contributed by atoms with Gasteiger partial charge in [-0.3, -0.25) is 10.1 Å². The Kier molecular flexibility index (Phi) is 3.53. The number of urea groups is 1. The molecule has 0 aromatic carbocycles. The Hall–Kier alpha value is -1.99. The summed E-state index contributed by atoms with van der Waals surface area (Å²) in [6.07, 6.45) is 6.35. The number of carbonyl (C=O) groups is 2. The summed E-state index contributed by atoms with van der Waals surface area (Å²) in [6, 6.07) is 4.85. The number of imide groups is 1. The van der Waals surface area contributed by atoms with E-state index in [1.165, 1.54) is 12.8 Å². The minimum absolute atomic E-state index is 0.267. The Balaban J connectivity index is 1.26. The number of rotatable bonds is 2. The topological polar surface area (TPSA) is 74.3 Å². The van der Waals surface area contributed by atoms with Crippen LogP contribution < -0.4 is 10.6 Å². The van der Waals surface area contributed by atoms with Gasteiger partial charge in [-0.1, -0.05) is 0 Å². The molecule has 0 aliphatic carbocycles. The first kappa shape index (κ1) is 15.3. The molecule has 3 fully saturated rings. The summed E-state index contributed by atoms with van der Waals surface area (Å²) in [5, 5.41) is 9.10. The SMILES string of the molecule is O=C(NC(=O)N1CCC1[C@@H]1C[C@H]2CC[C@@H]1N2)c1cc2ccsc2cn1. The van der Waals surface area contributed by atoms with Gasteiger partial charge in [0.2, 0.25) is 0 Å². The number of amides is 3. The Bertz CT molecular complexity index is 850. The van der Waals surface area contributed by atoms with Gasteiger partial charge in [-0.2, -0.15) is 0 Å². The van der Waals surface area contributed by atoms with E-state index in [0.717, 1.165) is 29.5 Å². The summed E-state index contributed by atoms with van der Waals surface area (Å²) in [6.45, 7) is 0.731. The number of carbonyl (C=O) groups excluding carboxylic acids is 2. The van der Waals surface area contributed by atoms with Crippen molar-refractivity contribution in [3.05, 3.63) is 29.4 Å². The molecule has 25 heavy (non-hydrogen) atoms. The maximum absolute atomic E-state index is 12.5. The lowest BCUT2D eigenvalue weighted by Gasteiger charge is -2.46. The molecule has 2 aromatic heterocycles. The molecule has 4 atom stereocenters. The quantitative estimate of drug-likeness (QED) is 0.866. The van der Waals surface area contributed by atoms with Gasteiger partial charge in [-0.25, -0.2) is 9.78 Å². The van der Waals surface area contributed by atoms with E-state index in [1.807, 2.05) is 16.3 Å². The van der Waals surface area contributed by atoms with Crippen molar-refractivity contribution < 1.29 is 9.59 Å². The van der Waals surface area contributed by atoms with Gasteiger partial charge in [-0.05, 0) is 54.5 Å². The van der Waals surface area contributed by atoms with Gasteiger partial charge in [0.15, 0.2) is 0 Å². The Labute approximate surface area is 149 Å². The first-order chi connectivity index (χ1) is 12.2. The van der Waals surface area contributed by atoms with Gasteiger partial charge >= 0.3 is 6.03 Å². The highest BCUT2D eigenvalue weighted by Gasteiger charge is 2.48. The highest BCUT2D eigenvalue weighted by Crippen LogP contribution is 2.40. The molecule has 130 valence electrons. The van der Waals surface area contributed by atoms with Crippen LogP contribution in [0.15, 0.2) is 23.7 Å². The van der Waals surface area contributed by atoms with E-state index in [2.05, 4.69) is 15.6 Å². The highest BCUT2D eigenvalue weighted by molar-refractivity contribution is 7.17. The zero-order chi connectivity index (χ0) is 17.0. The average molecular weight is 356 g/mol. The van der Waals surface area contributed by atoms with Crippen LogP contribution in [-0.4, -0.2) is 46.5 Å². The van der Waals surface area contributed by atoms with Gasteiger partial charge < -0.3 is 10.2 Å². The van der Waals surface area contributed by atoms with Gasteiger partial charge in [0.25, 0.3) is 5.91 Å². The fourth-order valence-corrected chi connectivity index (χ4v) is 5.36. The first-order valence-electron chi connectivity index (χ1n) is 8.90. The van der Waals surface area contributed by atoms with Crippen molar-refractivity contribution in [2.75, 3.05) is 6.54 Å². The third-order valence-corrected chi connectivity index (χ3v) is 6.83. The molecule has 2 N–H and O–H groups in total. The number of hydrogen-bond acceptors (Lipinski definition) is 5. The zero-order valence-corrected chi connectivity index (χ0v) is 14.6. The van der Waals surface area contributed by atoms with Crippen LogP contribution in [0.25, 0.3) is 10.1 Å². The molecule has 0 radical (unpaired) electrons. The number of nitrogens with zero attached hydrogens (tertiary/aromatic N) is 2. The zero-order valence-electron chi connectivity index (χ0n) is 13.8. The van der Waals surface area contributed by atoms with Crippen molar-refractivity contribution in [3.63, 3.8) is 0 Å². The molecule has 1 unspecified atom stereocenters. The smallest absolute Gasteiger partial charge is 0.321 e. The summed E-state index contributed by atoms with van der Waals surface area (Å²) < 4.78 is 1.04. The Morgan fingerprint density at radius 1 is 1.32 bits per heavy atom. The molecule has 3 saturated heterocycles. The van der Waals surface area contributed by atoms with Crippen molar-refractivity contribution in [2.45, 2.75) is 43.8 Å². The van der Waals surface area contributed by atoms with Crippen LogP contribution in [0.3, 0.4) is 0 Å². The predicted molar refractivity (Wildman–Crippen MR) is 95.6 cm³/mol. The Morgan fingerprint density at radius 2 is 2.24 bits per heavy atom. The molecule has 5 heterocycles. The molecule has 0 spiro atoms. The number of nitrogens with one attached hydrogen (secondary N) is 2. The second-order valence-electron chi connectivity index (χ2n) is 7.28. The van der Waals surface area contributed by atoms with E-state index in [-0.39, 0.29) is 17.8 Å². The monoisotopic (exact) mass is 356 g/mol. The maximum atomic E-state index is 12.5. The van der Waals surface area contributed by atoms with Crippen LogP contribution in [0.5, 0.6) is 0 Å². The van der Waals surface area contributed by atoms with Crippen LogP contribution in [0.1, 0.15) is 36.2 Å². The molecule has 3 amide bonds. The Morgan fingerprint density at radius 3 is 2.96 bits per heavy atom. The fraction of sp³-hybridized carbons (Fsp3) is 0.500. The first-order valence-corrected chi connectivity index (χ1v) is 9.78. The molecule has 2 bridgehead atoms. The van der Waals surface area contributed by atoms with Crippen LogP contribution in [0, 0.1) is 5.92 Å². The summed E-state index contributed by atoms with van der Waals surface area (Å²) in [5.41, 5.74) is 0.290. The molecule has 6 nitrogen and oxygen atoms in total. The van der Waals surface area contributed by atoms with Crippen LogP contribution in [0.4, 0.5) is 4.79 Å². The van der Waals surface area contributed by atoms with Gasteiger partial charge in [0.1, 0.15) is 5.69 Å². The van der Waals surface area contributed by atoms with E-state index in [9.17, 15) is 9.59 Å². The normalized spacial score (nSPS) is 30.5. The van der Waals surface area contributed by atoms with E-state index in [4.69, 9.17) is 0 Å². The van der Waals surface area contributed by atoms with Gasteiger partial charge in [0, 0.05) is 30.9 Å². The predicted octanol–water partition coefficient (Wildman–Crippen LogP) is 2.36. The minimum atomic E-state index is -0.421. The van der Waals surface area contributed by atoms with Crippen molar-refractivity contribution in [1.82, 2.24) is 20.5 Å². The van der Waals surface area contributed by atoms with Gasteiger partial charge in [0.05, 0.1) is 4.70 Å². The minimum Gasteiger partial charge on any atom is -0.321 e. The molecule has 2 aromatic rings. The highest BCUT2D eigenvalue weighted by atomic mass is 32.1. The maximum Gasteiger partial charge on any atom is 0.324 e. The van der Waals surface area contributed by atoms with Gasteiger partial charge in [-0.15, -0.1) is 11.3 Å². The third kappa shape index (κ3) is 2.53. The van der Waals surface area contributed by atoms with E-state index in [1.54, 1.807) is 23.6 Å². The summed E-state index contributed by atoms with van der Waals surface area (Å²) in [5.74, 6) is 0.114. The lowest BCUT2D eigenvalue weighted by Crippen LogP contribution is -2.60. The third-order valence-electron chi connectivity index (χ3n) is 5.96. The lowest BCUT2D eigenvalue weighted by molar-refractivity contribution is 0.0631. The molecular weight excluding hydrogens is 336 g/mol. The number of hydrogen-bond donors (Lipinski definition) is 2. The van der Waals surface area contributed by atoms with E-state index < -0.39 is 5.91 Å². The summed E-state index contributed by atoms with van der Waals surface area (Å²) in [7, 11) is 0. The van der Waals surface area contributed by atoms with Crippen molar-refractivity contribution in [2.24, 2.45) is 5.92 Å². The number of pyridine rings is 1. The fourth-order valence-electron chi connectivity index (χ4n) is 4.62. The lowest BCUT2D eigenvalue weighted by atomic mass is 9.79. The van der Waals surface area contributed by atoms with Crippen molar-refractivity contribution in [3.8, 4) is 0 Å². The number of fused-ring (bicyclic) bond motifs is 3. The van der Waals surface area contributed by atoms with Crippen molar-refractivity contribution in [1.29, 1.82) is 0 Å². The molecule has 3 aliphatic rings. The number of likely N-dealkylation sites (tertiary alicyclic amines) is 1. The molecule has 3 aliphatic heterocycles. The standard InChI is InChI=1S/C18H20N4O2S/c23-17(14-7-10-4-6-25-16(10)9-19-14)21-18(24)22-5-3-15(22)12-8-11-1-2-13(12)20-11/h4,6-7,9,11-13,15,20H,1-3,5,8H2,(H,21,23,24)/t11-,12-,13+,15?/m1/s1. The molecular formula is C18H20N4O2S. The van der Waals surface area contributed by atoms with E-state index in [0.29, 0.717) is 18.0 Å². The van der Waals surface area contributed by atoms with Crippen LogP contribution in [0.2, 0.25) is 0 Å². The second-order valence-corrected chi connectivity index (χ2v) is 8.23. The summed E-state index contributed by atoms with van der Waals surface area (Å²) in [4.78, 5) is 30.9. The molecule has 0 saturated carbocycles. The summed E-state index contributed by atoms with van der Waals surface area (Å²) >= 11 is 1.58. The largest absolute Gasteiger partial charge is 0.324 e. The van der Waals surface area contributed by atoms with Crippen molar-refractivity contribution >= 4 is 33.4 Å². The average Bonchev–Trinajstić information content (AvgIpc) is 3.29. The molecule has 5 rings (SSSR count). The number of aromatic nitrogens is 1. The van der Waals surface area contributed by atoms with Crippen LogP contribution in [-0.2, 0) is 0 Å². The molecule has 7 heteroatoms. The second kappa shape index (κ2) is 5.78. The number of thiophene rings is 1.